The van der Waals surface area contributed by atoms with E-state index in [1.807, 2.05) is 17.8 Å². The Morgan fingerprint density at radius 1 is 1.31 bits per heavy atom. The van der Waals surface area contributed by atoms with Crippen molar-refractivity contribution >= 4 is 11.6 Å². The highest BCUT2D eigenvalue weighted by molar-refractivity contribution is 6.31. The molecule has 1 aromatic carbocycles. The molecule has 2 bridgehead atoms. The van der Waals surface area contributed by atoms with Gasteiger partial charge in [-0.1, -0.05) is 11.6 Å². The number of imidazole rings is 1. The van der Waals surface area contributed by atoms with Gasteiger partial charge in [0, 0.05) is 49.2 Å². The zero-order valence-electron chi connectivity index (χ0n) is 15.0. The number of halogens is 1. The van der Waals surface area contributed by atoms with Crippen molar-refractivity contribution in [1.82, 2.24) is 14.5 Å². The van der Waals surface area contributed by atoms with Crippen molar-refractivity contribution in [3.05, 3.63) is 40.9 Å². The minimum atomic E-state index is -0.878. The molecule has 7 heteroatoms. The smallest absolute Gasteiger partial charge is 0.160 e. The number of ether oxygens (including phenoxy) is 1. The zero-order chi connectivity index (χ0) is 18.5. The first-order chi connectivity index (χ1) is 12.4. The van der Waals surface area contributed by atoms with Crippen LogP contribution in [0, 0.1) is 0 Å². The number of aromatic hydroxyl groups is 1. The van der Waals surface area contributed by atoms with Crippen LogP contribution < -0.4 is 4.74 Å². The molecule has 2 unspecified atom stereocenters. The minimum Gasteiger partial charge on any atom is -0.504 e. The Morgan fingerprint density at radius 2 is 2.00 bits per heavy atom. The summed E-state index contributed by atoms with van der Waals surface area (Å²) in [4.78, 5) is 6.82. The van der Waals surface area contributed by atoms with E-state index in [0.29, 0.717) is 30.2 Å². The predicted octanol–water partition coefficient (Wildman–Crippen LogP) is 2.80. The molecule has 2 aliphatic heterocycles. The van der Waals surface area contributed by atoms with E-state index in [1.165, 1.54) is 13.2 Å². The molecule has 2 fully saturated rings. The third-order valence-electron chi connectivity index (χ3n) is 5.86. The molecule has 0 radical (unpaired) electrons. The quantitative estimate of drug-likeness (QED) is 0.857. The number of benzene rings is 1. The SMILES string of the molecule is COc1cc(CN2C3CCC2CC(O)(c2nccn2C)C3)c(Cl)cc1O. The van der Waals surface area contributed by atoms with Crippen LogP contribution >= 0.6 is 11.6 Å². The number of phenols is 1. The Labute approximate surface area is 158 Å². The van der Waals surface area contributed by atoms with Crippen LogP contribution in [-0.2, 0) is 19.2 Å². The van der Waals surface area contributed by atoms with E-state index in [0.717, 1.165) is 24.2 Å². The average molecular weight is 378 g/mol. The second kappa shape index (κ2) is 6.44. The van der Waals surface area contributed by atoms with Crippen LogP contribution in [0.3, 0.4) is 0 Å². The summed E-state index contributed by atoms with van der Waals surface area (Å²) in [5, 5.41) is 21.7. The number of fused-ring (bicyclic) bond motifs is 2. The van der Waals surface area contributed by atoms with Gasteiger partial charge in [-0.15, -0.1) is 0 Å². The van der Waals surface area contributed by atoms with E-state index in [1.54, 1.807) is 12.3 Å². The van der Waals surface area contributed by atoms with E-state index in [4.69, 9.17) is 16.3 Å². The first-order valence-corrected chi connectivity index (χ1v) is 9.30. The third-order valence-corrected chi connectivity index (χ3v) is 6.21. The standard InChI is InChI=1S/C19H24ClN3O3/c1-22-6-5-21-18(22)19(25)9-13-3-4-14(10-19)23(13)11-12-7-17(26-2)16(24)8-15(12)20/h5-8,13-14,24-25H,3-4,9-11H2,1-2H3. The molecule has 3 heterocycles. The van der Waals surface area contributed by atoms with E-state index < -0.39 is 5.60 Å². The summed E-state index contributed by atoms with van der Waals surface area (Å²) in [5.41, 5.74) is 0.0532. The fraction of sp³-hybridized carbons (Fsp3) is 0.526. The number of hydrogen-bond acceptors (Lipinski definition) is 5. The highest BCUT2D eigenvalue weighted by atomic mass is 35.5. The monoisotopic (exact) mass is 377 g/mol. The molecule has 2 aliphatic rings. The maximum atomic E-state index is 11.3. The maximum absolute atomic E-state index is 11.3. The summed E-state index contributed by atoms with van der Waals surface area (Å²) < 4.78 is 7.13. The van der Waals surface area contributed by atoms with Gasteiger partial charge in [-0.05, 0) is 37.3 Å². The molecule has 0 aliphatic carbocycles. The van der Waals surface area contributed by atoms with Crippen LogP contribution in [0.5, 0.6) is 11.5 Å². The Kier molecular flexibility index (Phi) is 4.37. The normalized spacial score (nSPS) is 28.5. The number of aromatic nitrogens is 2. The number of nitrogens with zero attached hydrogens (tertiary/aromatic N) is 3. The minimum absolute atomic E-state index is 0.0482. The predicted molar refractivity (Wildman–Crippen MR) is 98.4 cm³/mol. The van der Waals surface area contributed by atoms with E-state index in [-0.39, 0.29) is 17.8 Å². The fourth-order valence-electron chi connectivity index (χ4n) is 4.64. The number of methoxy groups -OCH3 is 1. The van der Waals surface area contributed by atoms with E-state index >= 15 is 0 Å². The van der Waals surface area contributed by atoms with E-state index in [2.05, 4.69) is 9.88 Å². The first kappa shape index (κ1) is 17.6. The fourth-order valence-corrected chi connectivity index (χ4v) is 4.85. The summed E-state index contributed by atoms with van der Waals surface area (Å²) in [5.74, 6) is 1.23. The highest BCUT2D eigenvalue weighted by Gasteiger charge is 2.49. The largest absolute Gasteiger partial charge is 0.504 e. The van der Waals surface area contributed by atoms with Gasteiger partial charge >= 0.3 is 0 Å². The lowest BCUT2D eigenvalue weighted by Crippen LogP contribution is -2.50. The third kappa shape index (κ3) is 2.86. The Bertz CT molecular complexity index is 808. The summed E-state index contributed by atoms with van der Waals surface area (Å²) in [6.07, 6.45) is 7.07. The van der Waals surface area contributed by atoms with Gasteiger partial charge in [0.15, 0.2) is 11.5 Å². The molecule has 2 N–H and O–H groups in total. The zero-order valence-corrected chi connectivity index (χ0v) is 15.8. The number of piperidine rings is 1. The van der Waals surface area contributed by atoms with Gasteiger partial charge in [-0.3, -0.25) is 4.90 Å². The summed E-state index contributed by atoms with van der Waals surface area (Å²) in [6, 6.07) is 3.90. The Balaban J connectivity index is 1.57. The van der Waals surface area contributed by atoms with Crippen LogP contribution in [0.4, 0.5) is 0 Å². The van der Waals surface area contributed by atoms with Crippen molar-refractivity contribution < 1.29 is 14.9 Å². The lowest BCUT2D eigenvalue weighted by atomic mass is 9.85. The number of aliphatic hydroxyl groups is 1. The van der Waals surface area contributed by atoms with Crippen molar-refractivity contribution in [2.45, 2.75) is 49.9 Å². The van der Waals surface area contributed by atoms with Crippen LogP contribution in [0.1, 0.15) is 37.1 Å². The topological polar surface area (TPSA) is 70.8 Å². The van der Waals surface area contributed by atoms with Crippen molar-refractivity contribution in [3.8, 4) is 11.5 Å². The lowest BCUT2D eigenvalue weighted by Gasteiger charge is -2.43. The molecular weight excluding hydrogens is 354 g/mol. The van der Waals surface area contributed by atoms with E-state index in [9.17, 15) is 10.2 Å². The second-order valence-corrected chi connectivity index (χ2v) is 7.88. The van der Waals surface area contributed by atoms with Gasteiger partial charge in [0.25, 0.3) is 0 Å². The second-order valence-electron chi connectivity index (χ2n) is 7.47. The number of phenolic OH excluding ortho intramolecular Hbond substituents is 1. The first-order valence-electron chi connectivity index (χ1n) is 8.92. The van der Waals surface area contributed by atoms with Crippen LogP contribution in [0.15, 0.2) is 24.5 Å². The molecule has 0 amide bonds. The molecule has 140 valence electrons. The van der Waals surface area contributed by atoms with Gasteiger partial charge in [0.2, 0.25) is 0 Å². The van der Waals surface area contributed by atoms with Crippen LogP contribution in [0.25, 0.3) is 0 Å². The molecule has 2 saturated heterocycles. The Hall–Kier alpha value is -1.76. The van der Waals surface area contributed by atoms with Crippen molar-refractivity contribution in [1.29, 1.82) is 0 Å². The average Bonchev–Trinajstić information content (AvgIpc) is 3.13. The van der Waals surface area contributed by atoms with Crippen LogP contribution in [0.2, 0.25) is 5.02 Å². The molecule has 4 rings (SSSR count). The molecule has 6 nitrogen and oxygen atoms in total. The van der Waals surface area contributed by atoms with Crippen molar-refractivity contribution in [2.24, 2.45) is 7.05 Å². The van der Waals surface area contributed by atoms with Gasteiger partial charge < -0.3 is 19.5 Å². The van der Waals surface area contributed by atoms with Gasteiger partial charge in [-0.2, -0.15) is 0 Å². The molecule has 0 spiro atoms. The summed E-state index contributed by atoms with van der Waals surface area (Å²) in [7, 11) is 3.46. The van der Waals surface area contributed by atoms with Gasteiger partial charge in [0.1, 0.15) is 11.4 Å². The van der Waals surface area contributed by atoms with Gasteiger partial charge in [-0.25, -0.2) is 4.98 Å². The molecule has 26 heavy (non-hydrogen) atoms. The number of hydrogen-bond donors (Lipinski definition) is 2. The molecule has 2 atom stereocenters. The summed E-state index contributed by atoms with van der Waals surface area (Å²) >= 11 is 6.35. The highest BCUT2D eigenvalue weighted by Crippen LogP contribution is 2.46. The Morgan fingerprint density at radius 3 is 2.58 bits per heavy atom. The summed E-state index contributed by atoms with van der Waals surface area (Å²) in [6.45, 7) is 0.682. The maximum Gasteiger partial charge on any atom is 0.160 e. The number of rotatable bonds is 4. The van der Waals surface area contributed by atoms with Crippen molar-refractivity contribution in [2.75, 3.05) is 7.11 Å². The molecule has 1 aromatic heterocycles. The van der Waals surface area contributed by atoms with Crippen molar-refractivity contribution in [3.63, 3.8) is 0 Å². The lowest BCUT2D eigenvalue weighted by molar-refractivity contribution is -0.0669. The molecular formula is C19H24ClN3O3. The molecule has 0 saturated carbocycles. The molecule has 2 aromatic rings. The van der Waals surface area contributed by atoms with Gasteiger partial charge in [0.05, 0.1) is 7.11 Å². The van der Waals surface area contributed by atoms with Crippen LogP contribution in [-0.4, -0.2) is 43.9 Å². The number of aryl methyl sites for hydroxylation is 1.